The standard InChI is InChI=1S/C16H13ClF2N3O/c1-3-7(2)13-12(17)11(8-4-5-9(18)10(19)6-8)14-15(20-13)22-16(23)21-14/h4-7H,2-3H2,1H3,(H2,20,21,22,23). The van der Waals surface area contributed by atoms with Gasteiger partial charge in [-0.3, -0.25) is 0 Å². The number of aromatic nitrogens is 3. The molecule has 0 aliphatic carbocycles. The molecule has 4 nitrogen and oxygen atoms in total. The first-order valence-corrected chi connectivity index (χ1v) is 7.36. The third kappa shape index (κ3) is 2.63. The summed E-state index contributed by atoms with van der Waals surface area (Å²) in [5, 5.41) is 9.88. The summed E-state index contributed by atoms with van der Waals surface area (Å²) in [5.74, 6) is -2.14. The topological polar surface area (TPSA) is 61.8 Å². The second-order valence-corrected chi connectivity index (χ2v) is 5.56. The molecule has 1 atom stereocenters. The van der Waals surface area contributed by atoms with Crippen LogP contribution in [0.4, 0.5) is 8.78 Å². The molecule has 0 aliphatic rings. The Bertz CT molecular complexity index is 895. The van der Waals surface area contributed by atoms with Crippen LogP contribution in [-0.4, -0.2) is 20.1 Å². The molecular weight excluding hydrogens is 324 g/mol. The van der Waals surface area contributed by atoms with Crippen LogP contribution in [-0.2, 0) is 0 Å². The van der Waals surface area contributed by atoms with Gasteiger partial charge in [0.2, 0.25) is 0 Å². The van der Waals surface area contributed by atoms with Gasteiger partial charge >= 0.3 is 0 Å². The predicted octanol–water partition coefficient (Wildman–Crippen LogP) is 4.59. The minimum atomic E-state index is -0.990. The van der Waals surface area contributed by atoms with E-state index in [0.717, 1.165) is 12.1 Å². The summed E-state index contributed by atoms with van der Waals surface area (Å²) >= 11 is 6.45. The van der Waals surface area contributed by atoms with E-state index in [2.05, 4.69) is 21.9 Å². The van der Waals surface area contributed by atoms with Crippen molar-refractivity contribution in [1.82, 2.24) is 15.0 Å². The maximum Gasteiger partial charge on any atom is 0.293 e. The van der Waals surface area contributed by atoms with Crippen LogP contribution in [0.1, 0.15) is 25.0 Å². The number of halogens is 3. The van der Waals surface area contributed by atoms with Crippen molar-refractivity contribution in [1.29, 1.82) is 0 Å². The lowest BCUT2D eigenvalue weighted by molar-refractivity contribution is 0.438. The van der Waals surface area contributed by atoms with Gasteiger partial charge in [0.25, 0.3) is 6.01 Å². The highest BCUT2D eigenvalue weighted by Crippen LogP contribution is 2.39. The third-order valence-electron chi connectivity index (χ3n) is 3.68. The van der Waals surface area contributed by atoms with Crippen LogP contribution in [0, 0.1) is 18.6 Å². The number of hydrogen-bond acceptors (Lipinski definition) is 3. The molecule has 7 heteroatoms. The number of nitrogens with one attached hydrogen (secondary N) is 1. The van der Waals surface area contributed by atoms with Crippen molar-refractivity contribution >= 4 is 22.8 Å². The van der Waals surface area contributed by atoms with Crippen molar-refractivity contribution in [2.75, 3.05) is 0 Å². The Balaban J connectivity index is 2.36. The Morgan fingerprint density at radius 2 is 2.04 bits per heavy atom. The number of nitrogens with zero attached hydrogens (tertiary/aromatic N) is 2. The van der Waals surface area contributed by atoms with Gasteiger partial charge in [0, 0.05) is 11.5 Å². The van der Waals surface area contributed by atoms with E-state index >= 15 is 0 Å². The molecule has 119 valence electrons. The Morgan fingerprint density at radius 1 is 1.30 bits per heavy atom. The number of aromatic hydroxyl groups is 1. The predicted molar refractivity (Wildman–Crippen MR) is 84.3 cm³/mol. The third-order valence-corrected chi connectivity index (χ3v) is 4.06. The van der Waals surface area contributed by atoms with E-state index in [-0.39, 0.29) is 22.6 Å². The summed E-state index contributed by atoms with van der Waals surface area (Å²) in [4.78, 5) is 10.9. The zero-order valence-electron chi connectivity index (χ0n) is 12.2. The number of imidazole rings is 1. The Morgan fingerprint density at radius 3 is 2.70 bits per heavy atom. The molecule has 0 spiro atoms. The van der Waals surface area contributed by atoms with Crippen LogP contribution < -0.4 is 0 Å². The maximum atomic E-state index is 13.6. The molecule has 3 aromatic rings. The highest BCUT2D eigenvalue weighted by molar-refractivity contribution is 6.35. The molecule has 1 radical (unpaired) electrons. The van der Waals surface area contributed by atoms with Crippen molar-refractivity contribution in [3.05, 3.63) is 47.5 Å². The fraction of sp³-hybridized carbons (Fsp3) is 0.188. The van der Waals surface area contributed by atoms with Crippen molar-refractivity contribution in [2.24, 2.45) is 0 Å². The van der Waals surface area contributed by atoms with Crippen LogP contribution in [0.15, 0.2) is 18.2 Å². The van der Waals surface area contributed by atoms with Crippen molar-refractivity contribution in [3.8, 4) is 17.1 Å². The lowest BCUT2D eigenvalue weighted by Gasteiger charge is -2.14. The molecular formula is C16H13ClF2N3O. The number of rotatable bonds is 3. The van der Waals surface area contributed by atoms with E-state index in [4.69, 9.17) is 11.6 Å². The van der Waals surface area contributed by atoms with Gasteiger partial charge in [-0.1, -0.05) is 24.6 Å². The first kappa shape index (κ1) is 15.7. The summed E-state index contributed by atoms with van der Waals surface area (Å²) in [7, 11) is 0. The number of hydrogen-bond donors (Lipinski definition) is 2. The lowest BCUT2D eigenvalue weighted by Crippen LogP contribution is -2.00. The molecule has 0 amide bonds. The highest BCUT2D eigenvalue weighted by Gasteiger charge is 2.21. The summed E-state index contributed by atoms with van der Waals surface area (Å²) in [6.07, 6.45) is 0.686. The largest absolute Gasteiger partial charge is 0.480 e. The van der Waals surface area contributed by atoms with Crippen LogP contribution >= 0.6 is 11.6 Å². The van der Waals surface area contributed by atoms with E-state index in [1.165, 1.54) is 6.07 Å². The summed E-state index contributed by atoms with van der Waals surface area (Å²) in [6, 6.07) is 3.14. The number of benzene rings is 1. The normalized spacial score (nSPS) is 12.7. The fourth-order valence-electron chi connectivity index (χ4n) is 2.39. The Labute approximate surface area is 136 Å². The lowest BCUT2D eigenvalue weighted by atomic mass is 9.98. The van der Waals surface area contributed by atoms with Gasteiger partial charge in [-0.2, -0.15) is 4.98 Å². The van der Waals surface area contributed by atoms with Gasteiger partial charge in [-0.05, 0) is 31.0 Å². The second kappa shape index (κ2) is 5.77. The molecule has 2 heterocycles. The number of fused-ring (bicyclic) bond motifs is 1. The van der Waals surface area contributed by atoms with Crippen LogP contribution in [0.5, 0.6) is 6.01 Å². The summed E-state index contributed by atoms with van der Waals surface area (Å²) in [5.41, 5.74) is 1.84. The monoisotopic (exact) mass is 336 g/mol. The van der Waals surface area contributed by atoms with Gasteiger partial charge in [0.15, 0.2) is 17.3 Å². The maximum absolute atomic E-state index is 13.6. The van der Waals surface area contributed by atoms with Gasteiger partial charge < -0.3 is 10.1 Å². The molecule has 0 bridgehead atoms. The second-order valence-electron chi connectivity index (χ2n) is 5.18. The van der Waals surface area contributed by atoms with Crippen LogP contribution in [0.2, 0.25) is 5.02 Å². The number of aromatic amines is 1. The van der Waals surface area contributed by atoms with Gasteiger partial charge in [0.05, 0.1) is 16.2 Å². The first-order valence-electron chi connectivity index (χ1n) is 6.99. The molecule has 1 unspecified atom stereocenters. The first-order chi connectivity index (χ1) is 10.9. The molecule has 3 rings (SSSR count). The quantitative estimate of drug-likeness (QED) is 0.735. The highest BCUT2D eigenvalue weighted by atomic mass is 35.5. The molecule has 0 fully saturated rings. The molecule has 0 saturated heterocycles. The molecule has 0 saturated carbocycles. The average Bonchev–Trinajstić information content (AvgIpc) is 2.88. The smallest absolute Gasteiger partial charge is 0.293 e. The average molecular weight is 337 g/mol. The molecule has 1 aromatic carbocycles. The van der Waals surface area contributed by atoms with Gasteiger partial charge in [-0.15, -0.1) is 0 Å². The zero-order valence-corrected chi connectivity index (χ0v) is 13.0. The van der Waals surface area contributed by atoms with Gasteiger partial charge in [-0.25, -0.2) is 13.8 Å². The summed E-state index contributed by atoms with van der Waals surface area (Å²) in [6.45, 7) is 5.92. The van der Waals surface area contributed by atoms with Crippen LogP contribution in [0.25, 0.3) is 22.3 Å². The number of pyridine rings is 1. The number of H-pyrrole nitrogens is 1. The van der Waals surface area contributed by atoms with E-state index < -0.39 is 11.6 Å². The van der Waals surface area contributed by atoms with Crippen molar-refractivity contribution < 1.29 is 13.9 Å². The summed E-state index contributed by atoms with van der Waals surface area (Å²) < 4.78 is 26.8. The van der Waals surface area contributed by atoms with Gasteiger partial charge in [0.1, 0.15) is 0 Å². The molecule has 0 aliphatic heterocycles. The molecule has 23 heavy (non-hydrogen) atoms. The van der Waals surface area contributed by atoms with E-state index in [0.29, 0.717) is 28.8 Å². The fourth-order valence-corrected chi connectivity index (χ4v) is 2.79. The van der Waals surface area contributed by atoms with E-state index in [9.17, 15) is 13.9 Å². The molecule has 2 aromatic heterocycles. The van der Waals surface area contributed by atoms with E-state index in [1.54, 1.807) is 0 Å². The zero-order chi connectivity index (χ0) is 16.7. The van der Waals surface area contributed by atoms with Crippen molar-refractivity contribution in [2.45, 2.75) is 19.3 Å². The Kier molecular flexibility index (Phi) is 3.93. The van der Waals surface area contributed by atoms with Crippen molar-refractivity contribution in [3.63, 3.8) is 0 Å². The van der Waals surface area contributed by atoms with E-state index in [1.807, 2.05) is 6.92 Å². The minimum Gasteiger partial charge on any atom is -0.480 e. The Hall–Kier alpha value is -2.21. The molecule has 2 N–H and O–H groups in total. The minimum absolute atomic E-state index is 0.199. The SMILES string of the molecule is [CH2]C(CC)c1nc2nc(O)[nH]c2c(-c2ccc(F)c(F)c2)c1Cl. The van der Waals surface area contributed by atoms with Crippen LogP contribution in [0.3, 0.4) is 0 Å².